The summed E-state index contributed by atoms with van der Waals surface area (Å²) in [5, 5.41) is 8.76. The molecule has 98 valence electrons. The fourth-order valence-electron chi connectivity index (χ4n) is 1.88. The van der Waals surface area contributed by atoms with Gasteiger partial charge in [-0.3, -0.25) is 0 Å². The van der Waals surface area contributed by atoms with Gasteiger partial charge in [0.25, 0.3) is 0 Å². The van der Waals surface area contributed by atoms with Gasteiger partial charge in [-0.2, -0.15) is 0 Å². The lowest BCUT2D eigenvalue weighted by atomic mass is 10.1. The molecule has 2 heterocycles. The van der Waals surface area contributed by atoms with Crippen molar-refractivity contribution in [3.8, 4) is 0 Å². The average molecular weight is 251 g/mol. The van der Waals surface area contributed by atoms with Gasteiger partial charge in [-0.1, -0.05) is 13.8 Å². The van der Waals surface area contributed by atoms with E-state index in [2.05, 4.69) is 28.7 Å². The monoisotopic (exact) mass is 251 g/mol. The highest BCUT2D eigenvalue weighted by Gasteiger charge is 2.24. The SMILES string of the molecule is CC(C)C1CN(c2cnc(C(=O)O)cn2)CCO1. The van der Waals surface area contributed by atoms with Crippen LogP contribution in [0.5, 0.6) is 0 Å². The van der Waals surface area contributed by atoms with Gasteiger partial charge in [0.1, 0.15) is 5.82 Å². The number of carboxylic acid groups (broad SMARTS) is 1. The smallest absolute Gasteiger partial charge is 0.356 e. The zero-order valence-corrected chi connectivity index (χ0v) is 10.5. The molecule has 1 saturated heterocycles. The first-order valence-electron chi connectivity index (χ1n) is 6.00. The second-order valence-electron chi connectivity index (χ2n) is 4.66. The molecule has 1 fully saturated rings. The molecule has 1 atom stereocenters. The summed E-state index contributed by atoms with van der Waals surface area (Å²) in [5.41, 5.74) is -0.0348. The molecule has 0 spiro atoms. The van der Waals surface area contributed by atoms with Crippen molar-refractivity contribution >= 4 is 11.8 Å². The van der Waals surface area contributed by atoms with E-state index in [0.29, 0.717) is 18.3 Å². The maximum absolute atomic E-state index is 10.7. The van der Waals surface area contributed by atoms with E-state index in [1.54, 1.807) is 0 Å². The van der Waals surface area contributed by atoms with Crippen molar-refractivity contribution in [2.75, 3.05) is 24.6 Å². The van der Waals surface area contributed by atoms with Gasteiger partial charge in [0.05, 0.1) is 25.1 Å². The van der Waals surface area contributed by atoms with Crippen LogP contribution in [0.1, 0.15) is 24.3 Å². The molecular formula is C12H17N3O3. The van der Waals surface area contributed by atoms with Gasteiger partial charge in [0, 0.05) is 13.1 Å². The molecule has 1 aromatic heterocycles. The molecule has 0 bridgehead atoms. The lowest BCUT2D eigenvalue weighted by molar-refractivity contribution is 0.0111. The number of rotatable bonds is 3. The summed E-state index contributed by atoms with van der Waals surface area (Å²) in [6.45, 7) is 6.41. The molecule has 2 rings (SSSR count). The summed E-state index contributed by atoms with van der Waals surface area (Å²) in [6, 6.07) is 0. The molecule has 1 unspecified atom stereocenters. The number of hydrogen-bond donors (Lipinski definition) is 1. The number of ether oxygens (including phenoxy) is 1. The lowest BCUT2D eigenvalue weighted by Crippen LogP contribution is -2.45. The number of aromatic carboxylic acids is 1. The standard InChI is InChI=1S/C12H17N3O3/c1-8(2)10-7-15(3-4-18-10)11-6-13-9(5-14-11)12(16)17/h5-6,8,10H,3-4,7H2,1-2H3,(H,16,17). The number of anilines is 1. The van der Waals surface area contributed by atoms with Gasteiger partial charge in [-0.05, 0) is 5.92 Å². The van der Waals surface area contributed by atoms with Crippen LogP contribution in [0.2, 0.25) is 0 Å². The van der Waals surface area contributed by atoms with E-state index in [1.165, 1.54) is 12.4 Å². The van der Waals surface area contributed by atoms with E-state index in [9.17, 15) is 4.79 Å². The van der Waals surface area contributed by atoms with Crippen molar-refractivity contribution in [1.29, 1.82) is 0 Å². The third kappa shape index (κ3) is 2.76. The zero-order valence-electron chi connectivity index (χ0n) is 10.5. The molecule has 1 aliphatic heterocycles. The summed E-state index contributed by atoms with van der Waals surface area (Å²) in [4.78, 5) is 20.8. The molecule has 1 aromatic rings. The fourth-order valence-corrected chi connectivity index (χ4v) is 1.88. The number of aromatic nitrogens is 2. The Morgan fingerprint density at radius 3 is 2.83 bits per heavy atom. The van der Waals surface area contributed by atoms with Crippen molar-refractivity contribution in [2.45, 2.75) is 20.0 Å². The first-order valence-corrected chi connectivity index (χ1v) is 6.00. The Kier molecular flexibility index (Phi) is 3.76. The van der Waals surface area contributed by atoms with Crippen LogP contribution in [0.15, 0.2) is 12.4 Å². The molecule has 6 heteroatoms. The van der Waals surface area contributed by atoms with Crippen LogP contribution in [0.4, 0.5) is 5.82 Å². The minimum absolute atomic E-state index is 0.0348. The number of carbonyl (C=O) groups is 1. The Labute approximate surface area is 106 Å². The minimum atomic E-state index is -1.06. The quantitative estimate of drug-likeness (QED) is 0.865. The Hall–Kier alpha value is -1.69. The van der Waals surface area contributed by atoms with Crippen LogP contribution < -0.4 is 4.90 Å². The highest BCUT2D eigenvalue weighted by molar-refractivity contribution is 5.84. The van der Waals surface area contributed by atoms with Crippen LogP contribution in [0, 0.1) is 5.92 Å². The van der Waals surface area contributed by atoms with Crippen molar-refractivity contribution in [1.82, 2.24) is 9.97 Å². The minimum Gasteiger partial charge on any atom is -0.476 e. The second kappa shape index (κ2) is 5.30. The van der Waals surface area contributed by atoms with Crippen LogP contribution >= 0.6 is 0 Å². The van der Waals surface area contributed by atoms with Gasteiger partial charge in [0.2, 0.25) is 0 Å². The van der Waals surface area contributed by atoms with Crippen molar-refractivity contribution in [2.24, 2.45) is 5.92 Å². The van der Waals surface area contributed by atoms with E-state index >= 15 is 0 Å². The third-order valence-electron chi connectivity index (χ3n) is 3.02. The molecule has 6 nitrogen and oxygen atoms in total. The third-order valence-corrected chi connectivity index (χ3v) is 3.02. The lowest BCUT2D eigenvalue weighted by Gasteiger charge is -2.35. The van der Waals surface area contributed by atoms with Crippen LogP contribution in [-0.4, -0.2) is 46.8 Å². The van der Waals surface area contributed by atoms with Crippen molar-refractivity contribution in [3.05, 3.63) is 18.1 Å². The summed E-state index contributed by atoms with van der Waals surface area (Å²) in [6.07, 6.45) is 2.98. The zero-order chi connectivity index (χ0) is 13.1. The normalized spacial score (nSPS) is 20.2. The topological polar surface area (TPSA) is 75.6 Å². The molecule has 1 N–H and O–H groups in total. The van der Waals surface area contributed by atoms with Crippen molar-refractivity contribution in [3.63, 3.8) is 0 Å². The van der Waals surface area contributed by atoms with Gasteiger partial charge < -0.3 is 14.7 Å². The average Bonchev–Trinajstić information content (AvgIpc) is 2.39. The summed E-state index contributed by atoms with van der Waals surface area (Å²) in [7, 11) is 0. The Morgan fingerprint density at radius 1 is 1.50 bits per heavy atom. The Morgan fingerprint density at radius 2 is 2.28 bits per heavy atom. The molecule has 0 aliphatic carbocycles. The maximum atomic E-state index is 10.7. The number of hydrogen-bond acceptors (Lipinski definition) is 5. The Balaban J connectivity index is 2.09. The highest BCUT2D eigenvalue weighted by Crippen LogP contribution is 2.18. The first-order chi connectivity index (χ1) is 8.58. The second-order valence-corrected chi connectivity index (χ2v) is 4.66. The van der Waals surface area contributed by atoms with E-state index in [0.717, 1.165) is 13.1 Å². The highest BCUT2D eigenvalue weighted by atomic mass is 16.5. The molecule has 1 aliphatic rings. The van der Waals surface area contributed by atoms with E-state index < -0.39 is 5.97 Å². The first kappa shape index (κ1) is 12.8. The number of nitrogens with zero attached hydrogens (tertiary/aromatic N) is 3. The predicted molar refractivity (Wildman–Crippen MR) is 65.8 cm³/mol. The summed E-state index contributed by atoms with van der Waals surface area (Å²) in [5.74, 6) is 0.0871. The van der Waals surface area contributed by atoms with E-state index in [4.69, 9.17) is 9.84 Å². The van der Waals surface area contributed by atoms with E-state index in [-0.39, 0.29) is 11.8 Å². The van der Waals surface area contributed by atoms with Gasteiger partial charge in [0.15, 0.2) is 5.69 Å². The van der Waals surface area contributed by atoms with Crippen LogP contribution in [0.3, 0.4) is 0 Å². The molecule has 0 radical (unpaired) electrons. The van der Waals surface area contributed by atoms with Gasteiger partial charge >= 0.3 is 5.97 Å². The molecule has 18 heavy (non-hydrogen) atoms. The largest absolute Gasteiger partial charge is 0.476 e. The predicted octanol–water partition coefficient (Wildman–Crippen LogP) is 1.04. The van der Waals surface area contributed by atoms with Gasteiger partial charge in [-0.15, -0.1) is 0 Å². The summed E-state index contributed by atoms with van der Waals surface area (Å²) >= 11 is 0. The number of carboxylic acids is 1. The molecule has 0 aromatic carbocycles. The summed E-state index contributed by atoms with van der Waals surface area (Å²) < 4.78 is 5.67. The van der Waals surface area contributed by atoms with Gasteiger partial charge in [-0.25, -0.2) is 14.8 Å². The number of morpholine rings is 1. The maximum Gasteiger partial charge on any atom is 0.356 e. The van der Waals surface area contributed by atoms with Crippen LogP contribution in [-0.2, 0) is 4.74 Å². The fraction of sp³-hybridized carbons (Fsp3) is 0.583. The molecule has 0 saturated carbocycles. The van der Waals surface area contributed by atoms with Crippen molar-refractivity contribution < 1.29 is 14.6 Å². The molecule has 0 amide bonds. The Bertz CT molecular complexity index is 419. The molecular weight excluding hydrogens is 234 g/mol. The van der Waals surface area contributed by atoms with Crippen LogP contribution in [0.25, 0.3) is 0 Å². The van der Waals surface area contributed by atoms with E-state index in [1.807, 2.05) is 0 Å².